The molecule has 0 N–H and O–H groups in total. The Morgan fingerprint density at radius 3 is 2.77 bits per heavy atom. The molecule has 1 aromatic carbocycles. The second-order valence-corrected chi connectivity index (χ2v) is 10.2. The Bertz CT molecular complexity index is 917. The molecule has 1 saturated heterocycles. The van der Waals surface area contributed by atoms with Crippen LogP contribution < -0.4 is 9.47 Å². The largest absolute Gasteiger partial charge is 0.493 e. The minimum atomic E-state index is -0.880. The molecule has 0 amide bonds. The summed E-state index contributed by atoms with van der Waals surface area (Å²) in [6.45, 7) is 7.13. The quantitative estimate of drug-likeness (QED) is 0.657. The molecule has 3 fully saturated rings. The SMILES string of the molecule is CCCO[C@@]12CCC(=O)C3(C)Oc4c(OC)ccc5c4[C@@]31CCN(CC1CC1)[C@@H]2C5.Cl. The van der Waals surface area contributed by atoms with Crippen molar-refractivity contribution >= 4 is 18.2 Å². The third-order valence-electron chi connectivity index (χ3n) is 8.87. The second-order valence-electron chi connectivity index (χ2n) is 10.2. The molecule has 0 aromatic heterocycles. The van der Waals surface area contributed by atoms with Crippen LogP contribution in [0.1, 0.15) is 63.5 Å². The van der Waals surface area contributed by atoms with Gasteiger partial charge in [0.15, 0.2) is 22.9 Å². The predicted octanol–water partition coefficient (Wildman–Crippen LogP) is 4.07. The average Bonchev–Trinajstić information content (AvgIpc) is 3.51. The number of ketones is 1. The van der Waals surface area contributed by atoms with Crippen molar-refractivity contribution in [1.82, 2.24) is 4.90 Å². The van der Waals surface area contributed by atoms with Gasteiger partial charge in [0.05, 0.1) is 18.1 Å². The van der Waals surface area contributed by atoms with Crippen LogP contribution in [0.25, 0.3) is 0 Å². The van der Waals surface area contributed by atoms with E-state index in [1.807, 2.05) is 13.0 Å². The van der Waals surface area contributed by atoms with Crippen molar-refractivity contribution in [2.45, 2.75) is 81.5 Å². The van der Waals surface area contributed by atoms with Gasteiger partial charge in [0.2, 0.25) is 0 Å². The van der Waals surface area contributed by atoms with E-state index < -0.39 is 11.0 Å². The van der Waals surface area contributed by atoms with E-state index >= 15 is 0 Å². The van der Waals surface area contributed by atoms with Crippen molar-refractivity contribution in [2.75, 3.05) is 26.8 Å². The Hall–Kier alpha value is -1.30. The molecular weight excluding hydrogens is 414 g/mol. The van der Waals surface area contributed by atoms with E-state index in [0.29, 0.717) is 12.5 Å². The van der Waals surface area contributed by atoms with Gasteiger partial charge < -0.3 is 14.2 Å². The fourth-order valence-electron chi connectivity index (χ4n) is 7.41. The highest BCUT2D eigenvalue weighted by Gasteiger charge is 2.78. The zero-order chi connectivity index (χ0) is 20.7. The van der Waals surface area contributed by atoms with Crippen molar-refractivity contribution < 1.29 is 19.0 Å². The summed E-state index contributed by atoms with van der Waals surface area (Å²) in [6, 6.07) is 4.54. The lowest BCUT2D eigenvalue weighted by Gasteiger charge is -2.66. The third kappa shape index (κ3) is 2.49. The fourth-order valence-corrected chi connectivity index (χ4v) is 7.41. The lowest BCUT2D eigenvalue weighted by atomic mass is 9.45. The van der Waals surface area contributed by atoms with Gasteiger partial charge in [-0.05, 0) is 69.5 Å². The Balaban J connectivity index is 0.00000204. The Labute approximate surface area is 191 Å². The summed E-state index contributed by atoms with van der Waals surface area (Å²) in [7, 11) is 1.69. The van der Waals surface area contributed by atoms with Crippen LogP contribution in [0.4, 0.5) is 0 Å². The number of ether oxygens (including phenoxy) is 3. The molecule has 0 radical (unpaired) electrons. The molecule has 1 unspecified atom stereocenters. The number of carbonyl (C=O) groups excluding carboxylic acids is 1. The monoisotopic (exact) mass is 447 g/mol. The predicted molar refractivity (Wildman–Crippen MR) is 121 cm³/mol. The molecule has 2 aliphatic heterocycles. The van der Waals surface area contributed by atoms with E-state index in [4.69, 9.17) is 14.2 Å². The Kier molecular flexibility index (Phi) is 4.93. The number of methoxy groups -OCH3 is 1. The van der Waals surface area contributed by atoms with Crippen LogP contribution in [0.5, 0.6) is 11.5 Å². The molecular formula is C25H34ClNO4. The summed E-state index contributed by atoms with van der Waals surface area (Å²) in [5, 5.41) is 0. The maximum atomic E-state index is 13.5. The molecule has 2 heterocycles. The van der Waals surface area contributed by atoms with E-state index in [1.54, 1.807) is 7.11 Å². The number of nitrogens with zero attached hydrogens (tertiary/aromatic N) is 1. The van der Waals surface area contributed by atoms with Gasteiger partial charge in [0.1, 0.15) is 0 Å². The van der Waals surface area contributed by atoms with Crippen molar-refractivity contribution in [3.05, 3.63) is 23.3 Å². The van der Waals surface area contributed by atoms with Crippen molar-refractivity contribution in [1.29, 1.82) is 0 Å². The molecule has 170 valence electrons. The highest BCUT2D eigenvalue weighted by Crippen LogP contribution is 2.69. The molecule has 1 spiro atoms. The molecule has 6 heteroatoms. The Morgan fingerprint density at radius 2 is 2.06 bits per heavy atom. The van der Waals surface area contributed by atoms with Gasteiger partial charge in [-0.1, -0.05) is 13.0 Å². The molecule has 5 nitrogen and oxygen atoms in total. The molecule has 4 atom stereocenters. The van der Waals surface area contributed by atoms with Crippen LogP contribution in [0.2, 0.25) is 0 Å². The lowest BCUT2D eigenvalue weighted by molar-refractivity contribution is -0.231. The summed E-state index contributed by atoms with van der Waals surface area (Å²) in [5.41, 5.74) is 0.867. The minimum Gasteiger partial charge on any atom is -0.493 e. The van der Waals surface area contributed by atoms with Gasteiger partial charge in [-0.25, -0.2) is 0 Å². The van der Waals surface area contributed by atoms with Crippen LogP contribution in [0, 0.1) is 5.92 Å². The topological polar surface area (TPSA) is 48.0 Å². The number of carbonyl (C=O) groups is 1. The number of benzene rings is 1. The van der Waals surface area contributed by atoms with Crippen molar-refractivity contribution in [3.63, 3.8) is 0 Å². The zero-order valence-corrected chi connectivity index (χ0v) is 19.7. The molecule has 6 rings (SSSR count). The number of Topliss-reactive ketones (excluding diaryl/α,β-unsaturated/α-hetero) is 1. The van der Waals surface area contributed by atoms with E-state index in [9.17, 15) is 4.79 Å². The summed E-state index contributed by atoms with van der Waals surface area (Å²) in [5.74, 6) is 2.60. The molecule has 2 saturated carbocycles. The van der Waals surface area contributed by atoms with E-state index in [2.05, 4.69) is 17.9 Å². The first-order valence-corrected chi connectivity index (χ1v) is 11.8. The van der Waals surface area contributed by atoms with Crippen LogP contribution in [-0.2, 0) is 21.4 Å². The van der Waals surface area contributed by atoms with E-state index in [0.717, 1.165) is 56.3 Å². The smallest absolute Gasteiger partial charge is 0.177 e. The van der Waals surface area contributed by atoms with Gasteiger partial charge in [-0.15, -0.1) is 12.4 Å². The lowest BCUT2D eigenvalue weighted by Crippen LogP contribution is -2.80. The first-order valence-electron chi connectivity index (χ1n) is 11.8. The highest BCUT2D eigenvalue weighted by atomic mass is 35.5. The number of hydrogen-bond donors (Lipinski definition) is 0. The molecule has 1 aromatic rings. The van der Waals surface area contributed by atoms with Gasteiger partial charge in [0.25, 0.3) is 0 Å². The first kappa shape index (κ1) is 21.5. The van der Waals surface area contributed by atoms with Crippen LogP contribution in [0.3, 0.4) is 0 Å². The highest BCUT2D eigenvalue weighted by molar-refractivity contribution is 5.94. The average molecular weight is 448 g/mol. The number of halogens is 1. The van der Waals surface area contributed by atoms with Gasteiger partial charge in [-0.2, -0.15) is 0 Å². The van der Waals surface area contributed by atoms with Gasteiger partial charge >= 0.3 is 0 Å². The maximum absolute atomic E-state index is 13.5. The molecule has 3 aliphatic carbocycles. The zero-order valence-electron chi connectivity index (χ0n) is 18.9. The Morgan fingerprint density at radius 1 is 1.26 bits per heavy atom. The minimum absolute atomic E-state index is 0. The van der Waals surface area contributed by atoms with Crippen LogP contribution in [0.15, 0.2) is 12.1 Å². The third-order valence-corrected chi connectivity index (χ3v) is 8.87. The van der Waals surface area contributed by atoms with Gasteiger partial charge in [0, 0.05) is 31.2 Å². The molecule has 2 bridgehead atoms. The van der Waals surface area contributed by atoms with E-state index in [-0.39, 0.29) is 23.8 Å². The van der Waals surface area contributed by atoms with Crippen LogP contribution >= 0.6 is 12.4 Å². The van der Waals surface area contributed by atoms with Crippen molar-refractivity contribution in [2.24, 2.45) is 5.92 Å². The first-order chi connectivity index (χ1) is 14.5. The molecule has 31 heavy (non-hydrogen) atoms. The summed E-state index contributed by atoms with van der Waals surface area (Å²) in [4.78, 5) is 16.2. The van der Waals surface area contributed by atoms with Gasteiger partial charge in [-0.3, -0.25) is 9.69 Å². The maximum Gasteiger partial charge on any atom is 0.177 e. The second kappa shape index (κ2) is 7.10. The summed E-state index contributed by atoms with van der Waals surface area (Å²) >= 11 is 0. The normalized spacial score (nSPS) is 37.6. The summed E-state index contributed by atoms with van der Waals surface area (Å²) < 4.78 is 19.3. The summed E-state index contributed by atoms with van der Waals surface area (Å²) in [6.07, 6.45) is 6.90. The number of likely N-dealkylation sites (tertiary alicyclic amines) is 1. The number of rotatable bonds is 6. The molecule has 5 aliphatic rings. The number of hydrogen-bond acceptors (Lipinski definition) is 5. The van der Waals surface area contributed by atoms with Crippen molar-refractivity contribution in [3.8, 4) is 11.5 Å². The number of piperidine rings is 1. The fraction of sp³-hybridized carbons (Fsp3) is 0.720. The standard InChI is InChI=1S/C25H33NO4.ClH/c1-4-13-29-25-10-9-20(27)23(2)24(25)11-12-26(15-16-5-6-16)19(25)14-17-7-8-18(28-3)22(30-23)21(17)24;/h7-8,16,19H,4-6,9-15H2,1-3H3;1H/t19-,23?,24+,25-;/m1./s1. The van der Waals surface area contributed by atoms with E-state index in [1.165, 1.54) is 30.5 Å². The van der Waals surface area contributed by atoms with Crippen LogP contribution in [-0.4, -0.2) is 54.7 Å².